The second-order valence-electron chi connectivity index (χ2n) is 21.0. The molecule has 0 fully saturated rings. The molecule has 0 spiro atoms. The topological polar surface area (TPSA) is 12.5 Å². The van der Waals surface area contributed by atoms with Crippen LogP contribution in [0.25, 0.3) is 44.5 Å². The monoisotopic (exact) mass is 977 g/mol. The number of nitrogens with zero attached hydrogens (tertiary/aromatic N) is 1. The summed E-state index contributed by atoms with van der Waals surface area (Å²) in [6.45, 7) is 12.2. The first-order chi connectivity index (χ1) is 35.1. The molecule has 0 amide bonds. The molecule has 2 aliphatic carbocycles. The Balaban J connectivity index is 0.973. The first kappa shape index (κ1) is 43.5. The lowest BCUT2D eigenvalue weighted by Gasteiger charge is -2.37. The number of rotatable bonds is 6. The van der Waals surface area contributed by atoms with Gasteiger partial charge in [0.15, 0.2) is 0 Å². The Morgan fingerprint density at radius 1 is 0.403 bits per heavy atom. The second-order valence-corrected chi connectivity index (χ2v) is 27.0. The minimum Gasteiger partial charge on any atom is -0.454 e. The molecular formula is C67H51NOS2Si. The maximum Gasteiger partial charge on any atom is 0.149 e. The first-order valence-corrected chi connectivity index (χ1v) is 29.2. The highest BCUT2D eigenvalue weighted by Crippen LogP contribution is 2.60. The Morgan fingerprint density at radius 3 is 1.60 bits per heavy atom. The number of hydrogen-bond acceptors (Lipinski definition) is 4. The average Bonchev–Trinajstić information content (AvgIpc) is 3.80. The highest BCUT2D eigenvalue weighted by Gasteiger charge is 2.46. The number of fused-ring (bicyclic) bond motifs is 12. The van der Waals surface area contributed by atoms with Crippen LogP contribution in [0.1, 0.15) is 49.9 Å². The highest BCUT2D eigenvalue weighted by atomic mass is 32.2. The van der Waals surface area contributed by atoms with Gasteiger partial charge in [-0.2, -0.15) is 0 Å². The Bertz CT molecular complexity index is 3810. The van der Waals surface area contributed by atoms with Gasteiger partial charge >= 0.3 is 0 Å². The van der Waals surface area contributed by atoms with Crippen molar-refractivity contribution in [2.24, 2.45) is 0 Å². The van der Waals surface area contributed by atoms with E-state index in [4.69, 9.17) is 4.74 Å². The second kappa shape index (κ2) is 16.1. The summed E-state index contributed by atoms with van der Waals surface area (Å²) in [7, 11) is -2.35. The van der Waals surface area contributed by atoms with Crippen molar-refractivity contribution >= 4 is 64.2 Å². The van der Waals surface area contributed by atoms with E-state index in [-0.39, 0.29) is 10.8 Å². The van der Waals surface area contributed by atoms with Gasteiger partial charge in [-0.25, -0.2) is 0 Å². The summed E-state index contributed by atoms with van der Waals surface area (Å²) in [6.07, 6.45) is 0. The Morgan fingerprint density at radius 2 is 0.944 bits per heavy atom. The van der Waals surface area contributed by atoms with Crippen LogP contribution in [0.15, 0.2) is 238 Å². The van der Waals surface area contributed by atoms with Gasteiger partial charge in [0.1, 0.15) is 19.6 Å². The molecule has 0 saturated carbocycles. The molecule has 2 aliphatic heterocycles. The summed E-state index contributed by atoms with van der Waals surface area (Å²) >= 11 is 3.78. The largest absolute Gasteiger partial charge is 0.454 e. The van der Waals surface area contributed by atoms with E-state index in [0.29, 0.717) is 0 Å². The molecule has 10 aromatic rings. The van der Waals surface area contributed by atoms with Crippen molar-refractivity contribution in [3.05, 3.63) is 241 Å². The first-order valence-electron chi connectivity index (χ1n) is 25.1. The Kier molecular flexibility index (Phi) is 9.74. The number of hydrogen-bond donors (Lipinski definition) is 0. The zero-order chi connectivity index (χ0) is 48.5. The van der Waals surface area contributed by atoms with E-state index in [1.165, 1.54) is 92.1 Å². The van der Waals surface area contributed by atoms with Crippen molar-refractivity contribution in [2.45, 2.75) is 64.7 Å². The molecular weight excluding hydrogens is 927 g/mol. The lowest BCUT2D eigenvalue weighted by Crippen LogP contribution is -2.67. The number of anilines is 3. The summed E-state index contributed by atoms with van der Waals surface area (Å²) in [6, 6.07) is 81.8. The van der Waals surface area contributed by atoms with Crippen LogP contribution < -0.4 is 25.2 Å². The predicted octanol–water partition coefficient (Wildman–Crippen LogP) is 16.9. The third-order valence-corrected chi connectivity index (χ3v) is 23.4. The Hall–Kier alpha value is -7.28. The maximum absolute atomic E-state index is 6.84. The zero-order valence-corrected chi connectivity index (χ0v) is 43.6. The predicted molar refractivity (Wildman–Crippen MR) is 305 cm³/mol. The van der Waals surface area contributed by atoms with E-state index in [1.54, 1.807) is 11.8 Å². The van der Waals surface area contributed by atoms with E-state index in [2.05, 4.69) is 258 Å². The van der Waals surface area contributed by atoms with Crippen molar-refractivity contribution in [1.82, 2.24) is 0 Å². The van der Waals surface area contributed by atoms with Gasteiger partial charge in [0.2, 0.25) is 0 Å². The quantitative estimate of drug-likeness (QED) is 0.154. The van der Waals surface area contributed by atoms with Crippen LogP contribution in [-0.4, -0.2) is 8.07 Å². The summed E-state index contributed by atoms with van der Waals surface area (Å²) in [5.41, 5.74) is 18.1. The lowest BCUT2D eigenvalue weighted by atomic mass is 9.82. The van der Waals surface area contributed by atoms with Crippen LogP contribution in [0.2, 0.25) is 6.55 Å². The van der Waals surface area contributed by atoms with Crippen LogP contribution in [0, 0.1) is 0 Å². The van der Waals surface area contributed by atoms with Crippen molar-refractivity contribution in [3.63, 3.8) is 0 Å². The molecule has 72 heavy (non-hydrogen) atoms. The van der Waals surface area contributed by atoms with Gasteiger partial charge in [-0.1, -0.05) is 209 Å². The molecule has 0 saturated heterocycles. The molecule has 4 aliphatic rings. The fourth-order valence-electron chi connectivity index (χ4n) is 12.4. The normalized spacial score (nSPS) is 16.7. The summed E-state index contributed by atoms with van der Waals surface area (Å²) in [4.78, 5) is 7.64. The molecule has 0 N–H and O–H groups in total. The molecule has 2 nitrogen and oxygen atoms in total. The average molecular weight is 978 g/mol. The fourth-order valence-corrected chi connectivity index (χ4v) is 19.8. The molecule has 0 aromatic heterocycles. The van der Waals surface area contributed by atoms with Crippen LogP contribution in [-0.2, 0) is 10.8 Å². The molecule has 10 aromatic carbocycles. The SMILES string of the molecule is CC1(C)c2cc(N(c3cc(-c4ccccc4)cc(-c4ccccc4)c3)c3ccc4c(c3)C(C)(C)c3ccc5c(c3-4)Sc3ccccc3[Si]5(C)c3ccccc3)ccc2-c2c1ccc1c2Oc2ccccc2S1. The molecule has 346 valence electrons. The van der Waals surface area contributed by atoms with Crippen LogP contribution in [0.3, 0.4) is 0 Å². The molecule has 5 heteroatoms. The van der Waals surface area contributed by atoms with Crippen LogP contribution in [0.4, 0.5) is 17.1 Å². The van der Waals surface area contributed by atoms with Crippen molar-refractivity contribution in [3.8, 4) is 56.0 Å². The minimum atomic E-state index is -2.35. The zero-order valence-electron chi connectivity index (χ0n) is 41.0. The van der Waals surface area contributed by atoms with Crippen molar-refractivity contribution in [2.75, 3.05) is 4.90 Å². The molecule has 14 rings (SSSR count). The summed E-state index contributed by atoms with van der Waals surface area (Å²) in [5, 5.41) is 4.46. The number of benzene rings is 10. The molecule has 0 radical (unpaired) electrons. The molecule has 1 atom stereocenters. The van der Waals surface area contributed by atoms with Gasteiger partial charge in [0.25, 0.3) is 0 Å². The third kappa shape index (κ3) is 6.43. The molecule has 2 heterocycles. The van der Waals surface area contributed by atoms with Crippen LogP contribution >= 0.6 is 23.5 Å². The maximum atomic E-state index is 6.84. The standard InChI is InChI=1S/C67H51NOS2Si/c1-66(2)52-33-35-59-64(69-56-25-15-16-26-57(56)70-59)62(52)50-31-29-46(40-54(50)66)68(48-38-44(42-19-9-6-10-20-42)37-45(39-48)43-21-11-7-12-22-43)47-30-32-51-55(41-47)67(3,4)53-34-36-61-65(63(51)53)71-58-27-17-18-28-60(58)72(61,5)49-23-13-8-14-24-49/h6-41H,1-5H3. The van der Waals surface area contributed by atoms with Gasteiger partial charge in [-0.3, -0.25) is 0 Å². The van der Waals surface area contributed by atoms with E-state index in [9.17, 15) is 0 Å². The number of para-hydroxylation sites is 1. The summed E-state index contributed by atoms with van der Waals surface area (Å²) in [5.74, 6) is 1.88. The van der Waals surface area contributed by atoms with Crippen molar-refractivity contribution in [1.29, 1.82) is 0 Å². The fraction of sp³-hybridized carbons (Fsp3) is 0.104. The summed E-state index contributed by atoms with van der Waals surface area (Å²) < 4.78 is 6.84. The van der Waals surface area contributed by atoms with Crippen molar-refractivity contribution < 1.29 is 4.74 Å². The van der Waals surface area contributed by atoms with Gasteiger partial charge in [0, 0.05) is 43.2 Å². The third-order valence-electron chi connectivity index (χ3n) is 16.2. The van der Waals surface area contributed by atoms with E-state index < -0.39 is 8.07 Å². The highest BCUT2D eigenvalue weighted by molar-refractivity contribution is 8.00. The van der Waals surface area contributed by atoms with E-state index in [1.807, 2.05) is 11.8 Å². The van der Waals surface area contributed by atoms with E-state index >= 15 is 0 Å². The minimum absolute atomic E-state index is 0.248. The van der Waals surface area contributed by atoms with Crippen LogP contribution in [0.5, 0.6) is 11.5 Å². The molecule has 0 bridgehead atoms. The van der Waals surface area contributed by atoms with Gasteiger partial charge in [-0.15, -0.1) is 0 Å². The molecule has 1 unspecified atom stereocenters. The Labute approximate surface area is 432 Å². The van der Waals surface area contributed by atoms with Gasteiger partial charge < -0.3 is 9.64 Å². The van der Waals surface area contributed by atoms with E-state index in [0.717, 1.165) is 38.4 Å². The smallest absolute Gasteiger partial charge is 0.149 e. The number of ether oxygens (including phenoxy) is 1. The van der Waals surface area contributed by atoms with Gasteiger partial charge in [0.05, 0.1) is 9.79 Å². The lowest BCUT2D eigenvalue weighted by molar-refractivity contribution is 0.455. The van der Waals surface area contributed by atoms with Gasteiger partial charge in [-0.05, 0) is 143 Å².